The number of fused-ring (bicyclic) bond motifs is 1. The van der Waals surface area contributed by atoms with Gasteiger partial charge in [0.15, 0.2) is 17.5 Å². The van der Waals surface area contributed by atoms with E-state index < -0.39 is 0 Å². The summed E-state index contributed by atoms with van der Waals surface area (Å²) in [5, 5.41) is 6.64. The third-order valence-electron chi connectivity index (χ3n) is 4.94. The van der Waals surface area contributed by atoms with Crippen molar-refractivity contribution in [1.82, 2.24) is 10.6 Å². The van der Waals surface area contributed by atoms with Crippen molar-refractivity contribution in [2.75, 3.05) is 32.8 Å². The maximum absolute atomic E-state index is 5.79. The van der Waals surface area contributed by atoms with Gasteiger partial charge >= 0.3 is 0 Å². The van der Waals surface area contributed by atoms with Gasteiger partial charge in [-0.05, 0) is 44.4 Å². The van der Waals surface area contributed by atoms with Crippen LogP contribution >= 0.6 is 0 Å². The highest BCUT2D eigenvalue weighted by atomic mass is 16.6. The lowest BCUT2D eigenvalue weighted by Crippen LogP contribution is -2.38. The summed E-state index contributed by atoms with van der Waals surface area (Å²) in [6.07, 6.45) is 4.90. The Morgan fingerprint density at radius 1 is 1.04 bits per heavy atom. The molecule has 0 unspecified atom stereocenters. The first-order valence-corrected chi connectivity index (χ1v) is 9.20. The van der Waals surface area contributed by atoms with Crippen LogP contribution in [0.5, 0.6) is 11.5 Å². The summed E-state index contributed by atoms with van der Waals surface area (Å²) >= 11 is 0. The largest absolute Gasteiger partial charge is 0.486 e. The van der Waals surface area contributed by atoms with Crippen molar-refractivity contribution in [3.63, 3.8) is 0 Å². The summed E-state index contributed by atoms with van der Waals surface area (Å²) < 4.78 is 11.4. The molecule has 1 heterocycles. The maximum Gasteiger partial charge on any atom is 0.191 e. The van der Waals surface area contributed by atoms with Crippen LogP contribution in [0.4, 0.5) is 0 Å². The van der Waals surface area contributed by atoms with Crippen LogP contribution in [-0.2, 0) is 5.41 Å². The van der Waals surface area contributed by atoms with Gasteiger partial charge in [-0.15, -0.1) is 0 Å². The smallest absolute Gasteiger partial charge is 0.191 e. The monoisotopic (exact) mass is 331 g/mol. The molecule has 5 nitrogen and oxygen atoms in total. The molecule has 3 rings (SSSR count). The van der Waals surface area contributed by atoms with E-state index in [0.29, 0.717) is 13.2 Å². The second-order valence-corrected chi connectivity index (χ2v) is 6.57. The number of benzene rings is 1. The number of nitrogens with one attached hydrogen (secondary N) is 2. The van der Waals surface area contributed by atoms with Crippen molar-refractivity contribution in [2.24, 2.45) is 4.99 Å². The molecule has 1 aromatic rings. The highest BCUT2D eigenvalue weighted by molar-refractivity contribution is 5.79. The number of rotatable bonds is 5. The Morgan fingerprint density at radius 3 is 2.38 bits per heavy atom. The molecule has 2 N–H and O–H groups in total. The zero-order valence-electron chi connectivity index (χ0n) is 14.9. The van der Waals surface area contributed by atoms with E-state index in [-0.39, 0.29) is 5.41 Å². The summed E-state index contributed by atoms with van der Waals surface area (Å²) in [6.45, 7) is 8.02. The minimum Gasteiger partial charge on any atom is -0.486 e. The standard InChI is InChI=1S/C19H29N3O2/c1-3-20-18(21-4-2)22-14-19(9-5-6-10-19)15-7-8-16-17(13-15)24-12-11-23-16/h7-8,13H,3-6,9-12,14H2,1-2H3,(H2,20,21,22). The first kappa shape index (κ1) is 16.9. The van der Waals surface area contributed by atoms with Gasteiger partial charge in [-0.3, -0.25) is 4.99 Å². The Balaban J connectivity index is 1.84. The first-order valence-electron chi connectivity index (χ1n) is 9.20. The Hall–Kier alpha value is -1.91. The van der Waals surface area contributed by atoms with Gasteiger partial charge in [0.1, 0.15) is 13.2 Å². The van der Waals surface area contributed by atoms with Gasteiger partial charge in [0, 0.05) is 18.5 Å². The third-order valence-corrected chi connectivity index (χ3v) is 4.94. The van der Waals surface area contributed by atoms with E-state index in [2.05, 4.69) is 42.7 Å². The summed E-state index contributed by atoms with van der Waals surface area (Å²) in [7, 11) is 0. The van der Waals surface area contributed by atoms with Crippen molar-refractivity contribution in [2.45, 2.75) is 44.9 Å². The zero-order valence-corrected chi connectivity index (χ0v) is 14.9. The van der Waals surface area contributed by atoms with Gasteiger partial charge in [-0.2, -0.15) is 0 Å². The third kappa shape index (κ3) is 3.60. The van der Waals surface area contributed by atoms with Crippen LogP contribution in [-0.4, -0.2) is 38.8 Å². The molecular weight excluding hydrogens is 302 g/mol. The number of guanidine groups is 1. The van der Waals surface area contributed by atoms with Crippen LogP contribution in [0.2, 0.25) is 0 Å². The van der Waals surface area contributed by atoms with Gasteiger partial charge in [0.2, 0.25) is 0 Å². The Labute approximate surface area is 144 Å². The lowest BCUT2D eigenvalue weighted by Gasteiger charge is -2.30. The van der Waals surface area contributed by atoms with Gasteiger partial charge in [0.25, 0.3) is 0 Å². The molecule has 1 aliphatic heterocycles. The van der Waals surface area contributed by atoms with Crippen molar-refractivity contribution in [3.8, 4) is 11.5 Å². The van der Waals surface area contributed by atoms with Gasteiger partial charge in [-0.1, -0.05) is 18.9 Å². The van der Waals surface area contributed by atoms with Crippen LogP contribution in [0.25, 0.3) is 0 Å². The van der Waals surface area contributed by atoms with Crippen LogP contribution in [0.1, 0.15) is 45.1 Å². The average Bonchev–Trinajstić information content (AvgIpc) is 3.10. The normalized spacial score (nSPS) is 18.1. The van der Waals surface area contributed by atoms with Crippen LogP contribution < -0.4 is 20.1 Å². The van der Waals surface area contributed by atoms with Crippen LogP contribution in [0.3, 0.4) is 0 Å². The second kappa shape index (κ2) is 7.77. The summed E-state index contributed by atoms with van der Waals surface area (Å²) in [5.41, 5.74) is 1.45. The number of ether oxygens (including phenoxy) is 2. The molecule has 1 aromatic carbocycles. The molecule has 0 bridgehead atoms. The molecule has 1 saturated carbocycles. The minimum atomic E-state index is 0.117. The predicted molar refractivity (Wildman–Crippen MR) is 97.2 cm³/mol. The predicted octanol–water partition coefficient (Wildman–Crippen LogP) is 2.84. The van der Waals surface area contributed by atoms with E-state index >= 15 is 0 Å². The lowest BCUT2D eigenvalue weighted by atomic mass is 9.79. The van der Waals surface area contributed by atoms with E-state index in [4.69, 9.17) is 14.5 Å². The van der Waals surface area contributed by atoms with Gasteiger partial charge in [-0.25, -0.2) is 0 Å². The van der Waals surface area contributed by atoms with Gasteiger partial charge in [0.05, 0.1) is 6.54 Å². The number of aliphatic imine (C=N–C) groups is 1. The highest BCUT2D eigenvalue weighted by Gasteiger charge is 2.36. The quantitative estimate of drug-likeness (QED) is 0.643. The molecule has 1 aliphatic carbocycles. The second-order valence-electron chi connectivity index (χ2n) is 6.57. The molecule has 1 fully saturated rings. The Bertz CT molecular complexity index is 572. The molecule has 2 aliphatic rings. The van der Waals surface area contributed by atoms with E-state index in [9.17, 15) is 0 Å². The molecule has 132 valence electrons. The summed E-state index contributed by atoms with van der Waals surface area (Å²) in [5.74, 6) is 2.65. The van der Waals surface area contributed by atoms with E-state index in [1.54, 1.807) is 0 Å². The fraction of sp³-hybridized carbons (Fsp3) is 0.632. The van der Waals surface area contributed by atoms with Crippen molar-refractivity contribution < 1.29 is 9.47 Å². The van der Waals surface area contributed by atoms with Crippen molar-refractivity contribution in [1.29, 1.82) is 0 Å². The molecule has 0 amide bonds. The zero-order chi connectivity index (χ0) is 16.8. The average molecular weight is 331 g/mol. The number of hydrogen-bond donors (Lipinski definition) is 2. The summed E-state index contributed by atoms with van der Waals surface area (Å²) in [4.78, 5) is 4.87. The van der Waals surface area contributed by atoms with E-state index in [1.807, 2.05) is 0 Å². The molecule has 0 spiro atoms. The van der Waals surface area contributed by atoms with Crippen LogP contribution in [0, 0.1) is 0 Å². The first-order chi connectivity index (χ1) is 11.8. The van der Waals surface area contributed by atoms with Crippen molar-refractivity contribution >= 4 is 5.96 Å². The molecular formula is C19H29N3O2. The number of nitrogens with zero attached hydrogens (tertiary/aromatic N) is 1. The topological polar surface area (TPSA) is 54.9 Å². The fourth-order valence-electron chi connectivity index (χ4n) is 3.70. The fourth-order valence-corrected chi connectivity index (χ4v) is 3.70. The van der Waals surface area contributed by atoms with Crippen LogP contribution in [0.15, 0.2) is 23.2 Å². The molecule has 0 radical (unpaired) electrons. The molecule has 24 heavy (non-hydrogen) atoms. The maximum atomic E-state index is 5.79. The Kier molecular flexibility index (Phi) is 5.48. The minimum absolute atomic E-state index is 0.117. The van der Waals surface area contributed by atoms with Gasteiger partial charge < -0.3 is 20.1 Å². The van der Waals surface area contributed by atoms with E-state index in [1.165, 1.54) is 31.2 Å². The Morgan fingerprint density at radius 2 is 1.71 bits per heavy atom. The number of hydrogen-bond acceptors (Lipinski definition) is 3. The molecule has 5 heteroatoms. The SMILES string of the molecule is CCNC(=NCC1(c2ccc3c(c2)OCCO3)CCCC1)NCC. The molecule has 0 aromatic heterocycles. The van der Waals surface area contributed by atoms with E-state index in [0.717, 1.165) is 37.1 Å². The molecule has 0 atom stereocenters. The van der Waals surface area contributed by atoms with Crippen molar-refractivity contribution in [3.05, 3.63) is 23.8 Å². The summed E-state index contributed by atoms with van der Waals surface area (Å²) in [6, 6.07) is 6.44. The lowest BCUT2D eigenvalue weighted by molar-refractivity contribution is 0.171. The molecule has 0 saturated heterocycles. The highest BCUT2D eigenvalue weighted by Crippen LogP contribution is 2.44.